The van der Waals surface area contributed by atoms with Crippen molar-refractivity contribution in [1.82, 2.24) is 4.98 Å². The van der Waals surface area contributed by atoms with Crippen molar-refractivity contribution in [2.24, 2.45) is 5.41 Å². The molecule has 1 aromatic rings. The van der Waals surface area contributed by atoms with Gasteiger partial charge in [-0.2, -0.15) is 0 Å². The quantitative estimate of drug-likeness (QED) is 0.618. The molecule has 17 heavy (non-hydrogen) atoms. The van der Waals surface area contributed by atoms with Gasteiger partial charge >= 0.3 is 0 Å². The molecule has 0 unspecified atom stereocenters. The summed E-state index contributed by atoms with van der Waals surface area (Å²) in [6, 6.07) is 2.05. The van der Waals surface area contributed by atoms with E-state index in [4.69, 9.17) is 0 Å². The van der Waals surface area contributed by atoms with Crippen LogP contribution in [-0.4, -0.2) is 4.98 Å². The lowest BCUT2D eigenvalue weighted by Gasteiger charge is -2.11. The first kappa shape index (κ1) is 13.7. The predicted octanol–water partition coefficient (Wildman–Crippen LogP) is 4.87. The van der Waals surface area contributed by atoms with Crippen molar-refractivity contribution in [3.05, 3.63) is 41.2 Å². The number of allylic oxidation sites excluding steroid dienone is 2. The fourth-order valence-electron chi connectivity index (χ4n) is 1.59. The number of hydrogen-bond donors (Lipinski definition) is 0. The number of aromatic nitrogens is 1. The molecule has 0 saturated heterocycles. The minimum atomic E-state index is 0.132. The monoisotopic (exact) mass is 229 g/mol. The molecule has 1 heterocycles. The summed E-state index contributed by atoms with van der Waals surface area (Å²) in [5, 5.41) is 0. The van der Waals surface area contributed by atoms with Gasteiger partial charge in [-0.1, -0.05) is 52.3 Å². The van der Waals surface area contributed by atoms with Crippen LogP contribution in [0.2, 0.25) is 0 Å². The molecular formula is C16H23N. The van der Waals surface area contributed by atoms with Gasteiger partial charge in [0.15, 0.2) is 0 Å². The Morgan fingerprint density at radius 2 is 1.71 bits per heavy atom. The van der Waals surface area contributed by atoms with Gasteiger partial charge in [-0.15, -0.1) is 0 Å². The van der Waals surface area contributed by atoms with Crippen molar-refractivity contribution in [2.75, 3.05) is 0 Å². The summed E-state index contributed by atoms with van der Waals surface area (Å²) >= 11 is 0. The first-order valence-corrected chi connectivity index (χ1v) is 6.34. The van der Waals surface area contributed by atoms with Crippen LogP contribution in [0.5, 0.6) is 0 Å². The number of hydrogen-bond acceptors (Lipinski definition) is 1. The van der Waals surface area contributed by atoms with E-state index in [9.17, 15) is 0 Å². The Morgan fingerprint density at radius 3 is 2.35 bits per heavy atom. The average molecular weight is 229 g/mol. The van der Waals surface area contributed by atoms with Crippen molar-refractivity contribution >= 4 is 12.2 Å². The Labute approximate surface area is 105 Å². The Bertz CT molecular complexity index is 425. The molecular weight excluding hydrogens is 206 g/mol. The van der Waals surface area contributed by atoms with Gasteiger partial charge in [-0.05, 0) is 24.6 Å². The highest BCUT2D eigenvalue weighted by atomic mass is 14.7. The minimum Gasteiger partial charge on any atom is -0.256 e. The van der Waals surface area contributed by atoms with E-state index in [1.165, 1.54) is 17.5 Å². The lowest BCUT2D eigenvalue weighted by atomic mass is 9.93. The molecule has 0 N–H and O–H groups in total. The molecule has 1 nitrogen and oxygen atoms in total. The van der Waals surface area contributed by atoms with Gasteiger partial charge in [0, 0.05) is 17.2 Å². The first-order valence-electron chi connectivity index (χ1n) is 6.34. The predicted molar refractivity (Wildman–Crippen MR) is 76.8 cm³/mol. The second kappa shape index (κ2) is 5.81. The third kappa shape index (κ3) is 3.85. The maximum absolute atomic E-state index is 4.37. The Kier molecular flexibility index (Phi) is 4.68. The molecule has 1 aliphatic carbocycles. The summed E-state index contributed by atoms with van der Waals surface area (Å²) in [6.07, 6.45) is 11.8. The smallest absolute Gasteiger partial charge is 0.0701 e. The van der Waals surface area contributed by atoms with Gasteiger partial charge in [0.25, 0.3) is 0 Å². The van der Waals surface area contributed by atoms with E-state index in [-0.39, 0.29) is 5.41 Å². The van der Waals surface area contributed by atoms with Crippen LogP contribution in [0.1, 0.15) is 50.9 Å². The second-order valence-corrected chi connectivity index (χ2v) is 5.12. The van der Waals surface area contributed by atoms with E-state index in [2.05, 4.69) is 70.0 Å². The summed E-state index contributed by atoms with van der Waals surface area (Å²) < 4.78 is 0. The average Bonchev–Trinajstić information content (AvgIpc) is 2.40. The fraction of sp³-hybridized carbons (Fsp3) is 0.438. The number of pyridine rings is 1. The molecule has 1 aliphatic rings. The molecule has 1 heteroatoms. The SMILES string of the molecule is CCC.Cc1ccnc2c1C=CC(C)(C)C=C2. The third-order valence-corrected chi connectivity index (χ3v) is 2.59. The summed E-state index contributed by atoms with van der Waals surface area (Å²) in [5.41, 5.74) is 3.74. The molecule has 0 aliphatic heterocycles. The maximum Gasteiger partial charge on any atom is 0.0701 e. The zero-order valence-corrected chi connectivity index (χ0v) is 11.6. The van der Waals surface area contributed by atoms with E-state index in [1.807, 2.05) is 6.20 Å². The Morgan fingerprint density at radius 1 is 1.12 bits per heavy atom. The van der Waals surface area contributed by atoms with E-state index in [0.29, 0.717) is 0 Å². The van der Waals surface area contributed by atoms with Gasteiger partial charge in [0.1, 0.15) is 0 Å². The number of rotatable bonds is 0. The van der Waals surface area contributed by atoms with Crippen molar-refractivity contribution < 1.29 is 0 Å². The topological polar surface area (TPSA) is 12.9 Å². The zero-order valence-electron chi connectivity index (χ0n) is 11.6. The number of nitrogens with zero attached hydrogens (tertiary/aromatic N) is 1. The molecule has 0 aromatic carbocycles. The Balaban J connectivity index is 0.000000437. The fourth-order valence-corrected chi connectivity index (χ4v) is 1.59. The molecule has 0 radical (unpaired) electrons. The summed E-state index contributed by atoms with van der Waals surface area (Å²) in [6.45, 7) is 10.8. The van der Waals surface area contributed by atoms with Crippen LogP contribution >= 0.6 is 0 Å². The molecule has 0 fully saturated rings. The van der Waals surface area contributed by atoms with Gasteiger partial charge in [0.05, 0.1) is 5.69 Å². The van der Waals surface area contributed by atoms with Gasteiger partial charge in [-0.25, -0.2) is 0 Å². The highest BCUT2D eigenvalue weighted by Gasteiger charge is 2.13. The van der Waals surface area contributed by atoms with E-state index in [1.54, 1.807) is 0 Å². The third-order valence-electron chi connectivity index (χ3n) is 2.59. The highest BCUT2D eigenvalue weighted by Crippen LogP contribution is 2.27. The highest BCUT2D eigenvalue weighted by molar-refractivity contribution is 5.68. The standard InChI is InChI=1S/C13H15N.C3H8/c1-10-6-9-14-12-5-8-13(2,3)7-4-11(10)12;1-3-2/h4-9H,1-3H3;3H2,1-2H3. The summed E-state index contributed by atoms with van der Waals surface area (Å²) in [7, 11) is 0. The van der Waals surface area contributed by atoms with Crippen molar-refractivity contribution in [2.45, 2.75) is 41.0 Å². The van der Waals surface area contributed by atoms with E-state index >= 15 is 0 Å². The zero-order chi connectivity index (χ0) is 12.9. The normalized spacial score (nSPS) is 15.6. The van der Waals surface area contributed by atoms with Crippen LogP contribution in [0.25, 0.3) is 12.2 Å². The summed E-state index contributed by atoms with van der Waals surface area (Å²) in [4.78, 5) is 4.37. The maximum atomic E-state index is 4.37. The van der Waals surface area contributed by atoms with Gasteiger partial charge in [0.2, 0.25) is 0 Å². The first-order chi connectivity index (χ1) is 8.00. The van der Waals surface area contributed by atoms with Gasteiger partial charge < -0.3 is 0 Å². The van der Waals surface area contributed by atoms with Crippen molar-refractivity contribution in [3.63, 3.8) is 0 Å². The summed E-state index contributed by atoms with van der Waals surface area (Å²) in [5.74, 6) is 0. The molecule has 0 saturated carbocycles. The molecule has 0 spiro atoms. The van der Waals surface area contributed by atoms with Gasteiger partial charge in [-0.3, -0.25) is 4.98 Å². The van der Waals surface area contributed by atoms with E-state index in [0.717, 1.165) is 5.69 Å². The number of fused-ring (bicyclic) bond motifs is 1. The molecule has 0 bridgehead atoms. The van der Waals surface area contributed by atoms with Crippen LogP contribution in [0.15, 0.2) is 24.4 Å². The molecule has 0 amide bonds. The minimum absolute atomic E-state index is 0.132. The lowest BCUT2D eigenvalue weighted by Crippen LogP contribution is -2.00. The molecule has 92 valence electrons. The Hall–Kier alpha value is -1.37. The largest absolute Gasteiger partial charge is 0.256 e. The van der Waals surface area contributed by atoms with Crippen molar-refractivity contribution in [1.29, 1.82) is 0 Å². The van der Waals surface area contributed by atoms with Crippen LogP contribution in [-0.2, 0) is 0 Å². The van der Waals surface area contributed by atoms with E-state index < -0.39 is 0 Å². The van der Waals surface area contributed by atoms with Crippen LogP contribution in [0.4, 0.5) is 0 Å². The molecule has 0 atom stereocenters. The van der Waals surface area contributed by atoms with Crippen LogP contribution in [0, 0.1) is 12.3 Å². The van der Waals surface area contributed by atoms with Crippen molar-refractivity contribution in [3.8, 4) is 0 Å². The number of aryl methyl sites for hydroxylation is 1. The van der Waals surface area contributed by atoms with Crippen LogP contribution < -0.4 is 0 Å². The van der Waals surface area contributed by atoms with Crippen LogP contribution in [0.3, 0.4) is 0 Å². The molecule has 1 aromatic heterocycles. The lowest BCUT2D eigenvalue weighted by molar-refractivity contribution is 0.633. The molecule has 2 rings (SSSR count). The second-order valence-electron chi connectivity index (χ2n) is 5.12.